The molecule has 144 valence electrons. The zero-order chi connectivity index (χ0) is 19.3. The van der Waals surface area contributed by atoms with Gasteiger partial charge in [0.15, 0.2) is 0 Å². The molecule has 0 atom stereocenters. The molecule has 0 bridgehead atoms. The van der Waals surface area contributed by atoms with Gasteiger partial charge in [-0.3, -0.25) is 4.79 Å². The van der Waals surface area contributed by atoms with E-state index in [0.717, 1.165) is 41.9 Å². The summed E-state index contributed by atoms with van der Waals surface area (Å²) in [7, 11) is 0. The number of hydrogen-bond donors (Lipinski definition) is 3. The van der Waals surface area contributed by atoms with Crippen molar-refractivity contribution in [1.29, 1.82) is 0 Å². The number of pyridine rings is 1. The van der Waals surface area contributed by atoms with E-state index in [1.165, 1.54) is 0 Å². The smallest absolute Gasteiger partial charge is 0.339 e. The van der Waals surface area contributed by atoms with Gasteiger partial charge in [0, 0.05) is 18.8 Å². The Morgan fingerprint density at radius 3 is 2.64 bits per heavy atom. The highest BCUT2D eigenvalue weighted by Crippen LogP contribution is 2.38. The third-order valence-electron chi connectivity index (χ3n) is 6.16. The van der Waals surface area contributed by atoms with Crippen LogP contribution in [-0.2, 0) is 17.6 Å². The van der Waals surface area contributed by atoms with Gasteiger partial charge < -0.3 is 20.6 Å². The topological polar surface area (TPSA) is 94.6 Å². The number of benzene rings is 1. The molecular formula is C21H22N4O3. The lowest BCUT2D eigenvalue weighted by Crippen LogP contribution is -2.58. The summed E-state index contributed by atoms with van der Waals surface area (Å²) in [5, 5.41) is 16.1. The fourth-order valence-corrected chi connectivity index (χ4v) is 4.57. The number of nitrogens with one attached hydrogen (secondary N) is 2. The highest BCUT2D eigenvalue weighted by atomic mass is 16.4. The van der Waals surface area contributed by atoms with Crippen LogP contribution in [0.4, 0.5) is 17.2 Å². The summed E-state index contributed by atoms with van der Waals surface area (Å²) in [5.74, 6) is -0.425. The van der Waals surface area contributed by atoms with E-state index in [4.69, 9.17) is 4.98 Å². The summed E-state index contributed by atoms with van der Waals surface area (Å²) in [5.41, 5.74) is 3.40. The van der Waals surface area contributed by atoms with Crippen molar-refractivity contribution in [3.8, 4) is 0 Å². The Kier molecular flexibility index (Phi) is 3.79. The van der Waals surface area contributed by atoms with Gasteiger partial charge in [-0.25, -0.2) is 9.78 Å². The zero-order valence-electron chi connectivity index (χ0n) is 15.5. The highest BCUT2D eigenvalue weighted by molar-refractivity contribution is 6.06. The van der Waals surface area contributed by atoms with Crippen molar-refractivity contribution in [2.45, 2.75) is 37.6 Å². The molecule has 1 spiro atoms. The Labute approximate surface area is 162 Å². The molecule has 7 heteroatoms. The number of anilines is 3. The van der Waals surface area contributed by atoms with E-state index in [0.29, 0.717) is 31.7 Å². The molecule has 7 nitrogen and oxygen atoms in total. The van der Waals surface area contributed by atoms with Crippen LogP contribution in [0.25, 0.3) is 0 Å². The molecule has 28 heavy (non-hydrogen) atoms. The molecule has 1 aromatic carbocycles. The second-order valence-corrected chi connectivity index (χ2v) is 7.82. The quantitative estimate of drug-likeness (QED) is 0.744. The van der Waals surface area contributed by atoms with Crippen LogP contribution in [0.3, 0.4) is 0 Å². The first kappa shape index (κ1) is 17.0. The van der Waals surface area contributed by atoms with Gasteiger partial charge in [-0.05, 0) is 55.9 Å². The molecule has 2 aromatic rings. The summed E-state index contributed by atoms with van der Waals surface area (Å²) in [6, 6.07) is 9.48. The molecule has 2 aliphatic heterocycles. The van der Waals surface area contributed by atoms with E-state index in [-0.39, 0.29) is 11.5 Å². The number of rotatable bonds is 2. The minimum atomic E-state index is -0.944. The molecule has 3 heterocycles. The fraction of sp³-hybridized carbons (Fsp3) is 0.381. The van der Waals surface area contributed by atoms with Crippen LogP contribution in [-0.4, -0.2) is 40.6 Å². The molecule has 5 rings (SSSR count). The predicted octanol–water partition coefficient (Wildman–Crippen LogP) is 2.67. The standard InChI is InChI=1S/C21H22N4O3/c26-19(27)14-12-13-4-3-7-15(13)22-18(14)25-10-8-21(9-11-25)20(28)23-16-5-1-2-6-17(16)24-21/h1-2,5-6,12,24H,3-4,7-11H2,(H,23,28)(H,26,27). The van der Waals surface area contributed by atoms with Crippen LogP contribution in [0, 0.1) is 0 Å². The second kappa shape index (κ2) is 6.22. The van der Waals surface area contributed by atoms with Gasteiger partial charge in [0.25, 0.3) is 0 Å². The number of hydrogen-bond acceptors (Lipinski definition) is 5. The Morgan fingerprint density at radius 1 is 1.14 bits per heavy atom. The van der Waals surface area contributed by atoms with E-state index in [2.05, 4.69) is 10.6 Å². The van der Waals surface area contributed by atoms with Crippen LogP contribution in [0.5, 0.6) is 0 Å². The van der Waals surface area contributed by atoms with E-state index >= 15 is 0 Å². The molecule has 3 N–H and O–H groups in total. The Morgan fingerprint density at radius 2 is 1.89 bits per heavy atom. The monoisotopic (exact) mass is 378 g/mol. The molecule has 1 aromatic heterocycles. The fourth-order valence-electron chi connectivity index (χ4n) is 4.57. The maximum absolute atomic E-state index is 12.8. The van der Waals surface area contributed by atoms with Crippen LogP contribution in [0.15, 0.2) is 30.3 Å². The number of aryl methyl sites for hydroxylation is 2. The van der Waals surface area contributed by atoms with Crippen molar-refractivity contribution in [2.75, 3.05) is 28.6 Å². The first-order valence-electron chi connectivity index (χ1n) is 9.75. The van der Waals surface area contributed by atoms with E-state index in [1.807, 2.05) is 29.2 Å². The van der Waals surface area contributed by atoms with Crippen LogP contribution >= 0.6 is 0 Å². The SMILES string of the molecule is O=C(O)c1cc2c(nc1N1CCC3(CC1)Nc1ccccc1NC3=O)CCC2. The Bertz CT molecular complexity index is 980. The Balaban J connectivity index is 1.41. The largest absolute Gasteiger partial charge is 0.478 e. The molecule has 1 saturated heterocycles. The molecule has 1 amide bonds. The average Bonchev–Trinajstić information content (AvgIpc) is 3.16. The zero-order valence-corrected chi connectivity index (χ0v) is 15.5. The summed E-state index contributed by atoms with van der Waals surface area (Å²) < 4.78 is 0. The van der Waals surface area contributed by atoms with E-state index in [9.17, 15) is 14.7 Å². The summed E-state index contributed by atoms with van der Waals surface area (Å²) >= 11 is 0. The van der Waals surface area contributed by atoms with Crippen LogP contribution < -0.4 is 15.5 Å². The van der Waals surface area contributed by atoms with Crippen molar-refractivity contribution < 1.29 is 14.7 Å². The number of carboxylic acids is 1. The molecule has 1 aliphatic carbocycles. The highest BCUT2D eigenvalue weighted by Gasteiger charge is 2.45. The first-order valence-corrected chi connectivity index (χ1v) is 9.75. The first-order chi connectivity index (χ1) is 13.6. The number of aromatic carboxylic acids is 1. The minimum absolute atomic E-state index is 0.0220. The number of piperidine rings is 1. The molecule has 0 saturated carbocycles. The van der Waals surface area contributed by atoms with Crippen molar-refractivity contribution in [2.24, 2.45) is 0 Å². The average molecular weight is 378 g/mol. The van der Waals surface area contributed by atoms with Gasteiger partial charge in [0.05, 0.1) is 11.4 Å². The molecular weight excluding hydrogens is 356 g/mol. The second-order valence-electron chi connectivity index (χ2n) is 7.82. The van der Waals surface area contributed by atoms with Crippen molar-refractivity contribution in [3.05, 3.63) is 47.2 Å². The van der Waals surface area contributed by atoms with Crippen molar-refractivity contribution in [1.82, 2.24) is 4.98 Å². The molecule has 3 aliphatic rings. The van der Waals surface area contributed by atoms with Crippen LogP contribution in [0.1, 0.15) is 40.9 Å². The van der Waals surface area contributed by atoms with Gasteiger partial charge in [0.1, 0.15) is 16.9 Å². The third-order valence-corrected chi connectivity index (χ3v) is 6.16. The predicted molar refractivity (Wildman–Crippen MR) is 106 cm³/mol. The normalized spacial score (nSPS) is 19.6. The van der Waals surface area contributed by atoms with Crippen LogP contribution in [0.2, 0.25) is 0 Å². The molecule has 1 fully saturated rings. The summed E-state index contributed by atoms with van der Waals surface area (Å²) in [4.78, 5) is 31.3. The van der Waals surface area contributed by atoms with Gasteiger partial charge in [0.2, 0.25) is 5.91 Å². The summed E-state index contributed by atoms with van der Waals surface area (Å²) in [6.45, 7) is 1.16. The van der Waals surface area contributed by atoms with Gasteiger partial charge in [-0.1, -0.05) is 12.1 Å². The molecule has 0 radical (unpaired) electrons. The Hall–Kier alpha value is -3.09. The number of carbonyl (C=O) groups is 2. The number of fused-ring (bicyclic) bond motifs is 2. The number of nitrogens with zero attached hydrogens (tertiary/aromatic N) is 2. The lowest BCUT2D eigenvalue weighted by molar-refractivity contribution is -0.121. The van der Waals surface area contributed by atoms with Gasteiger partial charge in [-0.2, -0.15) is 0 Å². The minimum Gasteiger partial charge on any atom is -0.478 e. The molecule has 0 unspecified atom stereocenters. The van der Waals surface area contributed by atoms with E-state index < -0.39 is 11.5 Å². The van der Waals surface area contributed by atoms with Crippen molar-refractivity contribution >= 4 is 29.1 Å². The van der Waals surface area contributed by atoms with Gasteiger partial charge >= 0.3 is 5.97 Å². The maximum Gasteiger partial charge on any atom is 0.339 e. The summed E-state index contributed by atoms with van der Waals surface area (Å²) in [6.07, 6.45) is 4.00. The van der Waals surface area contributed by atoms with E-state index in [1.54, 1.807) is 6.07 Å². The lowest BCUT2D eigenvalue weighted by atomic mass is 9.84. The number of carboxylic acid groups (broad SMARTS) is 1. The van der Waals surface area contributed by atoms with Crippen molar-refractivity contribution in [3.63, 3.8) is 0 Å². The maximum atomic E-state index is 12.8. The number of amides is 1. The lowest BCUT2D eigenvalue weighted by Gasteiger charge is -2.44. The third kappa shape index (κ3) is 2.61. The number of aromatic nitrogens is 1. The van der Waals surface area contributed by atoms with Gasteiger partial charge in [-0.15, -0.1) is 0 Å². The number of para-hydroxylation sites is 2. The number of carbonyl (C=O) groups excluding carboxylic acids is 1.